The van der Waals surface area contributed by atoms with E-state index in [9.17, 15) is 4.79 Å². The van der Waals surface area contributed by atoms with Gasteiger partial charge in [0, 0.05) is 62.7 Å². The van der Waals surface area contributed by atoms with Gasteiger partial charge in [0.15, 0.2) is 0 Å². The molecule has 1 unspecified atom stereocenters. The molecule has 1 saturated carbocycles. The number of nitrogens with zero attached hydrogens (tertiary/aromatic N) is 7. The highest BCUT2D eigenvalue weighted by Gasteiger charge is 2.35. The molecular formula is C30H36N8O3. The third-order valence-corrected chi connectivity index (χ3v) is 8.60. The van der Waals surface area contributed by atoms with Gasteiger partial charge in [-0.25, -0.2) is 19.9 Å². The Morgan fingerprint density at radius 2 is 1.98 bits per heavy atom. The molecule has 2 atom stereocenters. The Bertz CT molecular complexity index is 1540. The first-order valence-electron chi connectivity index (χ1n) is 14.5. The number of ether oxygens (including phenoxy) is 2. The number of aromatic amines is 1. The summed E-state index contributed by atoms with van der Waals surface area (Å²) in [5, 5.41) is 0. The summed E-state index contributed by atoms with van der Waals surface area (Å²) >= 11 is 0. The largest absolute Gasteiger partial charge is 0.497 e. The molecule has 5 heterocycles. The van der Waals surface area contributed by atoms with Crippen molar-refractivity contribution in [2.24, 2.45) is 5.92 Å². The summed E-state index contributed by atoms with van der Waals surface area (Å²) in [6.45, 7) is 6.90. The number of carbonyl (C=O) groups is 1. The van der Waals surface area contributed by atoms with E-state index in [1.807, 2.05) is 53.2 Å². The Labute approximate surface area is 238 Å². The number of amides is 1. The number of imidazole rings is 2. The van der Waals surface area contributed by atoms with Gasteiger partial charge in [0.25, 0.3) is 0 Å². The molecule has 1 aliphatic carbocycles. The number of carbonyl (C=O) groups excluding carboxylic acids is 1. The van der Waals surface area contributed by atoms with Gasteiger partial charge >= 0.3 is 0 Å². The predicted molar refractivity (Wildman–Crippen MR) is 152 cm³/mol. The van der Waals surface area contributed by atoms with Crippen molar-refractivity contribution in [2.45, 2.75) is 44.7 Å². The number of piperazine rings is 1. The monoisotopic (exact) mass is 556 g/mol. The second-order valence-corrected chi connectivity index (χ2v) is 11.5. The number of hydrogen-bond acceptors (Lipinski definition) is 8. The van der Waals surface area contributed by atoms with Crippen molar-refractivity contribution < 1.29 is 14.3 Å². The molecule has 214 valence electrons. The number of methoxy groups -OCH3 is 1. The van der Waals surface area contributed by atoms with Gasteiger partial charge in [-0.1, -0.05) is 0 Å². The fourth-order valence-electron chi connectivity index (χ4n) is 6.09. The number of H-pyrrole nitrogens is 1. The van der Waals surface area contributed by atoms with Gasteiger partial charge in [0.2, 0.25) is 5.91 Å². The van der Waals surface area contributed by atoms with E-state index in [0.29, 0.717) is 24.9 Å². The predicted octanol–water partition coefficient (Wildman–Crippen LogP) is 3.33. The van der Waals surface area contributed by atoms with E-state index in [-0.39, 0.29) is 18.5 Å². The lowest BCUT2D eigenvalue weighted by Crippen LogP contribution is -2.52. The molecule has 1 N–H and O–H groups in total. The number of aryl methyl sites for hydroxylation is 1. The van der Waals surface area contributed by atoms with E-state index in [4.69, 9.17) is 14.5 Å². The Hall–Kier alpha value is -3.83. The molecule has 0 spiro atoms. The zero-order valence-electron chi connectivity index (χ0n) is 23.6. The third-order valence-electron chi connectivity index (χ3n) is 8.60. The first-order valence-corrected chi connectivity index (χ1v) is 14.5. The number of nitrogens with one attached hydrogen (secondary N) is 1. The summed E-state index contributed by atoms with van der Waals surface area (Å²) in [5.41, 5.74) is 3.50. The molecule has 3 fully saturated rings. The lowest BCUT2D eigenvalue weighted by molar-refractivity contribution is -0.137. The van der Waals surface area contributed by atoms with Crippen LogP contribution in [-0.4, -0.2) is 91.7 Å². The number of rotatable bonds is 8. The van der Waals surface area contributed by atoms with Crippen molar-refractivity contribution in [3.63, 3.8) is 0 Å². The summed E-state index contributed by atoms with van der Waals surface area (Å²) < 4.78 is 13.0. The van der Waals surface area contributed by atoms with Crippen LogP contribution in [0.1, 0.15) is 48.7 Å². The molecule has 0 radical (unpaired) electrons. The van der Waals surface area contributed by atoms with Gasteiger partial charge in [-0.2, -0.15) is 0 Å². The van der Waals surface area contributed by atoms with E-state index in [0.717, 1.165) is 78.2 Å². The fraction of sp³-hybridized carbons (Fsp3) is 0.500. The third kappa shape index (κ3) is 5.31. The highest BCUT2D eigenvalue weighted by atomic mass is 16.5. The van der Waals surface area contributed by atoms with Crippen LogP contribution in [0.4, 0.5) is 0 Å². The minimum Gasteiger partial charge on any atom is -0.497 e. The van der Waals surface area contributed by atoms with E-state index in [2.05, 4.69) is 24.8 Å². The minimum atomic E-state index is -0.205. The Kier molecular flexibility index (Phi) is 6.91. The SMILES string of the molecule is COc1ccc2nc(C)n(CC(=O)N3CCN(CC4CCOC4)C[C@H]3c3ncc(-c4cnc(C5CC5)nc4)[nH]3)c2c1. The molecule has 1 amide bonds. The molecule has 7 rings (SSSR count). The maximum Gasteiger partial charge on any atom is 0.243 e. The zero-order valence-corrected chi connectivity index (χ0v) is 23.6. The minimum absolute atomic E-state index is 0.0409. The van der Waals surface area contributed by atoms with Crippen molar-refractivity contribution in [3.05, 3.63) is 54.3 Å². The maximum atomic E-state index is 14.0. The molecule has 3 aliphatic rings. The molecule has 11 nitrogen and oxygen atoms in total. The summed E-state index contributed by atoms with van der Waals surface area (Å²) in [4.78, 5) is 40.5. The number of aromatic nitrogens is 6. The van der Waals surface area contributed by atoms with Crippen LogP contribution in [0.3, 0.4) is 0 Å². The Morgan fingerprint density at radius 1 is 1.12 bits per heavy atom. The average Bonchev–Trinajstić information content (AvgIpc) is 3.36. The zero-order chi connectivity index (χ0) is 27.9. The molecule has 4 aromatic rings. The molecule has 2 aliphatic heterocycles. The fourth-order valence-corrected chi connectivity index (χ4v) is 6.09. The summed E-state index contributed by atoms with van der Waals surface area (Å²) in [5.74, 6) is 4.32. The van der Waals surface area contributed by atoms with Crippen LogP contribution in [0.2, 0.25) is 0 Å². The lowest BCUT2D eigenvalue weighted by atomic mass is 10.1. The highest BCUT2D eigenvalue weighted by molar-refractivity contribution is 5.82. The van der Waals surface area contributed by atoms with Gasteiger partial charge in [0.05, 0.1) is 36.6 Å². The summed E-state index contributed by atoms with van der Waals surface area (Å²) in [6.07, 6.45) is 9.00. The van der Waals surface area contributed by atoms with E-state index >= 15 is 0 Å². The van der Waals surface area contributed by atoms with Crippen LogP contribution in [0.25, 0.3) is 22.3 Å². The first kappa shape index (κ1) is 26.1. The van der Waals surface area contributed by atoms with Gasteiger partial charge < -0.3 is 23.9 Å². The van der Waals surface area contributed by atoms with Crippen molar-refractivity contribution in [1.29, 1.82) is 0 Å². The Morgan fingerprint density at radius 3 is 2.73 bits per heavy atom. The second kappa shape index (κ2) is 10.9. The average molecular weight is 557 g/mol. The van der Waals surface area contributed by atoms with E-state index in [1.54, 1.807) is 7.11 Å². The number of fused-ring (bicyclic) bond motifs is 1. The van der Waals surface area contributed by atoms with Crippen LogP contribution in [-0.2, 0) is 16.1 Å². The molecule has 2 saturated heterocycles. The van der Waals surface area contributed by atoms with Crippen molar-refractivity contribution in [3.8, 4) is 17.0 Å². The van der Waals surface area contributed by atoms with Crippen LogP contribution in [0.5, 0.6) is 5.75 Å². The van der Waals surface area contributed by atoms with Gasteiger partial charge in [-0.05, 0) is 44.2 Å². The molecule has 0 bridgehead atoms. The molecule has 1 aromatic carbocycles. The topological polar surface area (TPSA) is 114 Å². The van der Waals surface area contributed by atoms with Crippen molar-refractivity contribution >= 4 is 16.9 Å². The quantitative estimate of drug-likeness (QED) is 0.352. The smallest absolute Gasteiger partial charge is 0.243 e. The highest BCUT2D eigenvalue weighted by Crippen LogP contribution is 2.38. The Balaban J connectivity index is 1.15. The summed E-state index contributed by atoms with van der Waals surface area (Å²) in [6, 6.07) is 5.56. The normalized spacial score (nSPS) is 21.6. The van der Waals surface area contributed by atoms with Gasteiger partial charge in [-0.15, -0.1) is 0 Å². The van der Waals surface area contributed by atoms with Gasteiger partial charge in [0.1, 0.15) is 35.8 Å². The molecular weight excluding hydrogens is 520 g/mol. The van der Waals surface area contributed by atoms with Crippen LogP contribution in [0, 0.1) is 12.8 Å². The van der Waals surface area contributed by atoms with Crippen LogP contribution < -0.4 is 4.74 Å². The van der Waals surface area contributed by atoms with Crippen LogP contribution in [0.15, 0.2) is 36.8 Å². The number of benzene rings is 1. The van der Waals surface area contributed by atoms with Gasteiger partial charge in [-0.3, -0.25) is 9.69 Å². The first-order chi connectivity index (χ1) is 20.1. The van der Waals surface area contributed by atoms with Crippen molar-refractivity contribution in [2.75, 3.05) is 46.5 Å². The summed E-state index contributed by atoms with van der Waals surface area (Å²) in [7, 11) is 1.65. The lowest BCUT2D eigenvalue weighted by Gasteiger charge is -2.41. The second-order valence-electron chi connectivity index (χ2n) is 11.5. The standard InChI is InChI=1S/C30H36N8O3/c1-19-34-24-6-5-23(40-2)11-26(24)38(19)17-28(39)37-9-8-36(15-20-7-10-41-18-20)16-27(37)30-33-14-25(35-30)22-12-31-29(32-13-22)21-3-4-21/h5-6,11-14,20-21,27H,3-4,7-10,15-18H2,1-2H3,(H,33,35)/t20?,27-/m0/s1. The van der Waals surface area contributed by atoms with E-state index in [1.165, 1.54) is 12.8 Å². The molecule has 3 aromatic heterocycles. The van der Waals surface area contributed by atoms with Crippen molar-refractivity contribution in [1.82, 2.24) is 39.3 Å². The van der Waals surface area contributed by atoms with Crippen LogP contribution >= 0.6 is 0 Å². The molecule has 41 heavy (non-hydrogen) atoms. The van der Waals surface area contributed by atoms with E-state index < -0.39 is 0 Å². The molecule has 11 heteroatoms. The maximum absolute atomic E-state index is 14.0. The number of hydrogen-bond donors (Lipinski definition) is 1.